The van der Waals surface area contributed by atoms with Crippen LogP contribution in [-0.2, 0) is 13.6 Å². The summed E-state index contributed by atoms with van der Waals surface area (Å²) in [6.45, 7) is 2.88. The zero-order chi connectivity index (χ0) is 11.7. The largest absolute Gasteiger partial charge is 0.476 e. The summed E-state index contributed by atoms with van der Waals surface area (Å²) in [4.78, 5) is 10.9. The van der Waals surface area contributed by atoms with Crippen LogP contribution in [0.4, 0.5) is 0 Å². The number of aromatic nitrogens is 2. The highest BCUT2D eigenvalue weighted by Crippen LogP contribution is 2.26. The molecule has 1 aliphatic rings. The number of hydrogen-bond acceptors (Lipinski definition) is 1. The molecule has 0 atom stereocenters. The fourth-order valence-corrected chi connectivity index (χ4v) is 2.82. The van der Waals surface area contributed by atoms with Gasteiger partial charge in [0, 0.05) is 13.6 Å². The second-order valence-electron chi connectivity index (χ2n) is 4.85. The Kier molecular flexibility index (Phi) is 3.08. The van der Waals surface area contributed by atoms with Crippen molar-refractivity contribution in [2.75, 3.05) is 0 Å². The van der Waals surface area contributed by atoms with Crippen LogP contribution in [-0.4, -0.2) is 20.4 Å². The van der Waals surface area contributed by atoms with Gasteiger partial charge in [0.15, 0.2) is 5.69 Å². The van der Waals surface area contributed by atoms with Crippen molar-refractivity contribution in [3.63, 3.8) is 0 Å². The van der Waals surface area contributed by atoms with Crippen molar-refractivity contribution in [3.8, 4) is 0 Å². The van der Waals surface area contributed by atoms with Gasteiger partial charge in [-0.15, -0.1) is 0 Å². The van der Waals surface area contributed by atoms with Crippen LogP contribution in [0.3, 0.4) is 0 Å². The Morgan fingerprint density at radius 1 is 1.38 bits per heavy atom. The Hall–Kier alpha value is -1.19. The van der Waals surface area contributed by atoms with Crippen molar-refractivity contribution in [3.05, 3.63) is 11.4 Å². The minimum Gasteiger partial charge on any atom is -0.476 e. The average Bonchev–Trinajstić information content (AvgIpc) is 2.27. The minimum atomic E-state index is -0.820. The summed E-state index contributed by atoms with van der Waals surface area (Å²) in [5.74, 6) is -0.0820. The molecule has 1 aliphatic carbocycles. The van der Waals surface area contributed by atoms with E-state index in [9.17, 15) is 4.79 Å². The van der Waals surface area contributed by atoms with Crippen molar-refractivity contribution >= 4 is 5.97 Å². The minimum absolute atomic E-state index is 0.441. The fraction of sp³-hybridized carbons (Fsp3) is 0.750. The molecular formula is C12H20N2O2. The fourth-order valence-electron chi connectivity index (χ4n) is 2.82. The van der Waals surface area contributed by atoms with Crippen LogP contribution >= 0.6 is 0 Å². The Bertz CT molecular complexity index is 366. The van der Waals surface area contributed by atoms with Crippen molar-refractivity contribution in [1.82, 2.24) is 9.36 Å². The standard InChI is InChI=1S/C12H20N2O2/c1-9-11(12(15)16)13(2)14(9)8-10-6-4-3-5-7-10/h10H,3-8H2,1-2H3,(H,15,16). The van der Waals surface area contributed by atoms with Crippen LogP contribution < -0.4 is 0 Å². The number of aromatic carboxylic acids is 1. The van der Waals surface area contributed by atoms with Crippen molar-refractivity contribution in [2.24, 2.45) is 13.0 Å². The first kappa shape index (κ1) is 11.3. The molecule has 1 fully saturated rings. The van der Waals surface area contributed by atoms with E-state index in [1.54, 1.807) is 4.68 Å². The summed E-state index contributed by atoms with van der Waals surface area (Å²) < 4.78 is 3.87. The highest BCUT2D eigenvalue weighted by atomic mass is 16.4. The Balaban J connectivity index is 2.05. The lowest BCUT2D eigenvalue weighted by atomic mass is 9.89. The first-order valence-electron chi connectivity index (χ1n) is 6.06. The molecule has 0 unspecified atom stereocenters. The predicted molar refractivity (Wildman–Crippen MR) is 61.7 cm³/mol. The zero-order valence-electron chi connectivity index (χ0n) is 10.1. The predicted octanol–water partition coefficient (Wildman–Crippen LogP) is 2.41. The normalized spacial score (nSPS) is 17.9. The maximum Gasteiger partial charge on any atom is 0.355 e. The van der Waals surface area contributed by atoms with Crippen LogP contribution in [0.25, 0.3) is 0 Å². The van der Waals surface area contributed by atoms with Crippen LogP contribution in [0, 0.1) is 12.8 Å². The zero-order valence-corrected chi connectivity index (χ0v) is 10.1. The van der Waals surface area contributed by atoms with Gasteiger partial charge in [-0.3, -0.25) is 9.36 Å². The number of rotatable bonds is 3. The third-order valence-electron chi connectivity index (χ3n) is 3.77. The lowest BCUT2D eigenvalue weighted by Crippen LogP contribution is -2.33. The lowest BCUT2D eigenvalue weighted by Gasteiger charge is -2.30. The van der Waals surface area contributed by atoms with Gasteiger partial charge in [0.2, 0.25) is 0 Å². The van der Waals surface area contributed by atoms with Crippen molar-refractivity contribution in [1.29, 1.82) is 0 Å². The monoisotopic (exact) mass is 224 g/mol. The Labute approximate surface area is 95.8 Å². The quantitative estimate of drug-likeness (QED) is 0.857. The van der Waals surface area contributed by atoms with E-state index in [1.807, 2.05) is 14.0 Å². The molecule has 0 saturated heterocycles. The molecule has 1 aromatic heterocycles. The molecule has 0 aliphatic heterocycles. The van der Waals surface area contributed by atoms with E-state index in [0.717, 1.165) is 18.2 Å². The molecule has 4 nitrogen and oxygen atoms in total. The second kappa shape index (κ2) is 4.36. The molecule has 0 spiro atoms. The van der Waals surface area contributed by atoms with Gasteiger partial charge in [0.25, 0.3) is 0 Å². The smallest absolute Gasteiger partial charge is 0.355 e. The van der Waals surface area contributed by atoms with Gasteiger partial charge in [0.05, 0.1) is 5.69 Å². The number of carboxylic acid groups (broad SMARTS) is 1. The van der Waals surface area contributed by atoms with E-state index >= 15 is 0 Å². The van der Waals surface area contributed by atoms with E-state index in [0.29, 0.717) is 5.69 Å². The molecule has 1 saturated carbocycles. The molecule has 4 heteroatoms. The van der Waals surface area contributed by atoms with E-state index in [4.69, 9.17) is 5.11 Å². The third kappa shape index (κ3) is 1.88. The highest BCUT2D eigenvalue weighted by Gasteiger charge is 2.23. The molecule has 16 heavy (non-hydrogen) atoms. The van der Waals surface area contributed by atoms with E-state index in [1.165, 1.54) is 32.1 Å². The lowest BCUT2D eigenvalue weighted by molar-refractivity contribution is 0.0664. The van der Waals surface area contributed by atoms with Gasteiger partial charge in [-0.1, -0.05) is 19.3 Å². The summed E-state index contributed by atoms with van der Waals surface area (Å²) in [6, 6.07) is 0. The van der Waals surface area contributed by atoms with Crippen molar-refractivity contribution < 1.29 is 9.90 Å². The summed E-state index contributed by atoms with van der Waals surface area (Å²) in [6.07, 6.45) is 6.61. The second-order valence-corrected chi connectivity index (χ2v) is 4.85. The van der Waals surface area contributed by atoms with E-state index in [2.05, 4.69) is 4.68 Å². The SMILES string of the molecule is Cc1c(C(=O)O)n(C)n1CC1CCCCC1. The first-order chi connectivity index (χ1) is 7.61. The number of hydrogen-bond donors (Lipinski definition) is 1. The average molecular weight is 224 g/mol. The molecular weight excluding hydrogens is 204 g/mol. The van der Waals surface area contributed by atoms with E-state index < -0.39 is 5.97 Å². The van der Waals surface area contributed by atoms with Crippen LogP contribution in [0.15, 0.2) is 0 Å². The molecule has 0 radical (unpaired) electrons. The molecule has 1 heterocycles. The van der Waals surface area contributed by atoms with E-state index in [-0.39, 0.29) is 0 Å². The summed E-state index contributed by atoms with van der Waals surface area (Å²) in [5, 5.41) is 8.97. The van der Waals surface area contributed by atoms with Gasteiger partial charge in [-0.25, -0.2) is 4.79 Å². The maximum absolute atomic E-state index is 10.9. The molecule has 0 amide bonds. The Morgan fingerprint density at radius 3 is 2.50 bits per heavy atom. The first-order valence-corrected chi connectivity index (χ1v) is 6.06. The molecule has 1 N–H and O–H groups in total. The summed E-state index contributed by atoms with van der Waals surface area (Å²) in [7, 11) is 1.83. The van der Waals surface area contributed by atoms with Gasteiger partial charge < -0.3 is 5.11 Å². The topological polar surface area (TPSA) is 47.2 Å². The van der Waals surface area contributed by atoms with Gasteiger partial charge >= 0.3 is 5.97 Å². The van der Waals surface area contributed by atoms with Crippen LogP contribution in [0.5, 0.6) is 0 Å². The highest BCUT2D eigenvalue weighted by molar-refractivity contribution is 5.87. The number of carboxylic acids is 1. The summed E-state index contributed by atoms with van der Waals surface area (Å²) >= 11 is 0. The number of nitrogens with zero attached hydrogens (tertiary/aromatic N) is 2. The van der Waals surface area contributed by atoms with Gasteiger partial charge in [0.1, 0.15) is 0 Å². The maximum atomic E-state index is 10.9. The Morgan fingerprint density at radius 2 is 2.00 bits per heavy atom. The number of carbonyl (C=O) groups is 1. The van der Waals surface area contributed by atoms with Crippen LogP contribution in [0.1, 0.15) is 48.3 Å². The van der Waals surface area contributed by atoms with Gasteiger partial charge in [-0.2, -0.15) is 0 Å². The molecule has 2 rings (SSSR count). The third-order valence-corrected chi connectivity index (χ3v) is 3.77. The summed E-state index contributed by atoms with van der Waals surface area (Å²) in [5.41, 5.74) is 1.34. The molecule has 0 bridgehead atoms. The van der Waals surface area contributed by atoms with Gasteiger partial charge in [-0.05, 0) is 25.7 Å². The molecule has 0 aromatic carbocycles. The molecule has 1 aromatic rings. The van der Waals surface area contributed by atoms with Crippen LogP contribution in [0.2, 0.25) is 0 Å². The van der Waals surface area contributed by atoms with Crippen molar-refractivity contribution in [2.45, 2.75) is 45.6 Å². The molecule has 90 valence electrons.